The molecule has 6 heteroatoms. The first-order valence-corrected chi connectivity index (χ1v) is 6.58. The summed E-state index contributed by atoms with van der Waals surface area (Å²) in [6.07, 6.45) is 1.57. The van der Waals surface area contributed by atoms with Crippen LogP contribution in [-0.2, 0) is 4.74 Å². The van der Waals surface area contributed by atoms with E-state index in [0.717, 1.165) is 49.3 Å². The smallest absolute Gasteiger partial charge is 0.135 e. The first-order valence-electron chi connectivity index (χ1n) is 6.58. The molecule has 1 aromatic heterocycles. The number of nitrogens with two attached hydrogens (primary N) is 1. The number of nitrogen functional groups attached to an aromatic ring is 1. The molecule has 2 heterocycles. The summed E-state index contributed by atoms with van der Waals surface area (Å²) >= 11 is 0. The van der Waals surface area contributed by atoms with Gasteiger partial charge in [-0.1, -0.05) is 0 Å². The van der Waals surface area contributed by atoms with E-state index in [-0.39, 0.29) is 0 Å². The van der Waals surface area contributed by atoms with Crippen LogP contribution in [0.15, 0.2) is 36.7 Å². The van der Waals surface area contributed by atoms with Gasteiger partial charge in [0.15, 0.2) is 0 Å². The maximum absolute atomic E-state index is 5.67. The van der Waals surface area contributed by atoms with Gasteiger partial charge in [0.25, 0.3) is 0 Å². The maximum Gasteiger partial charge on any atom is 0.135 e. The van der Waals surface area contributed by atoms with Crippen LogP contribution in [0.25, 0.3) is 0 Å². The van der Waals surface area contributed by atoms with Gasteiger partial charge in [-0.2, -0.15) is 0 Å². The van der Waals surface area contributed by atoms with Crippen molar-refractivity contribution in [3.63, 3.8) is 0 Å². The fraction of sp³-hybridized carbons (Fsp3) is 0.286. The third kappa shape index (κ3) is 2.97. The predicted octanol–water partition coefficient (Wildman–Crippen LogP) is 1.64. The zero-order chi connectivity index (χ0) is 13.8. The quantitative estimate of drug-likeness (QED) is 0.826. The number of nitrogens with one attached hydrogen (secondary N) is 1. The number of hydrogen-bond donors (Lipinski definition) is 2. The molecule has 1 aliphatic rings. The summed E-state index contributed by atoms with van der Waals surface area (Å²) in [7, 11) is 0. The summed E-state index contributed by atoms with van der Waals surface area (Å²) in [5.74, 6) is 1.69. The third-order valence-corrected chi connectivity index (χ3v) is 3.17. The number of hydrogen-bond acceptors (Lipinski definition) is 6. The van der Waals surface area contributed by atoms with Gasteiger partial charge in [-0.05, 0) is 24.3 Å². The van der Waals surface area contributed by atoms with Crippen LogP contribution in [-0.4, -0.2) is 36.3 Å². The molecule has 0 spiro atoms. The Bertz CT molecular complexity index is 566. The van der Waals surface area contributed by atoms with Crippen LogP contribution >= 0.6 is 0 Å². The van der Waals surface area contributed by atoms with Crippen molar-refractivity contribution in [2.24, 2.45) is 0 Å². The largest absolute Gasteiger partial charge is 0.399 e. The molecule has 104 valence electrons. The van der Waals surface area contributed by atoms with Crippen molar-refractivity contribution >= 4 is 23.0 Å². The van der Waals surface area contributed by atoms with E-state index in [9.17, 15) is 0 Å². The lowest BCUT2D eigenvalue weighted by Crippen LogP contribution is -2.36. The Hall–Kier alpha value is -2.34. The minimum Gasteiger partial charge on any atom is -0.399 e. The highest BCUT2D eigenvalue weighted by Crippen LogP contribution is 2.19. The van der Waals surface area contributed by atoms with Gasteiger partial charge in [0, 0.05) is 30.5 Å². The fourth-order valence-electron chi connectivity index (χ4n) is 2.10. The number of morpholine rings is 1. The van der Waals surface area contributed by atoms with E-state index < -0.39 is 0 Å². The van der Waals surface area contributed by atoms with Gasteiger partial charge in [0.05, 0.1) is 13.2 Å². The number of nitrogens with zero attached hydrogens (tertiary/aromatic N) is 3. The molecule has 20 heavy (non-hydrogen) atoms. The molecule has 0 aliphatic carbocycles. The standard InChI is InChI=1S/C14H17N5O/c15-11-1-3-12(4-2-11)18-13-9-14(17-10-16-13)19-5-7-20-8-6-19/h1-4,9-10H,5-8,15H2,(H,16,17,18). The Morgan fingerprint density at radius 3 is 2.60 bits per heavy atom. The molecule has 0 radical (unpaired) electrons. The average molecular weight is 271 g/mol. The monoisotopic (exact) mass is 271 g/mol. The lowest BCUT2D eigenvalue weighted by Gasteiger charge is -2.27. The highest BCUT2D eigenvalue weighted by atomic mass is 16.5. The normalized spacial score (nSPS) is 15.1. The van der Waals surface area contributed by atoms with E-state index >= 15 is 0 Å². The summed E-state index contributed by atoms with van der Waals surface area (Å²) in [6.45, 7) is 3.20. The molecule has 6 nitrogen and oxygen atoms in total. The van der Waals surface area contributed by atoms with E-state index in [0.29, 0.717) is 0 Å². The van der Waals surface area contributed by atoms with Crippen LogP contribution < -0.4 is 16.0 Å². The second-order valence-electron chi connectivity index (χ2n) is 4.61. The van der Waals surface area contributed by atoms with E-state index in [1.165, 1.54) is 0 Å². The molecule has 2 aromatic rings. The first-order chi connectivity index (χ1) is 9.81. The molecule has 1 saturated heterocycles. The van der Waals surface area contributed by atoms with Crippen LogP contribution in [0.5, 0.6) is 0 Å². The second kappa shape index (κ2) is 5.75. The number of anilines is 4. The second-order valence-corrected chi connectivity index (χ2v) is 4.61. The molecule has 0 saturated carbocycles. The minimum absolute atomic E-state index is 0.741. The molecule has 0 atom stereocenters. The third-order valence-electron chi connectivity index (χ3n) is 3.17. The van der Waals surface area contributed by atoms with E-state index in [1.54, 1.807) is 6.33 Å². The van der Waals surface area contributed by atoms with Crippen molar-refractivity contribution in [3.8, 4) is 0 Å². The Kier molecular flexibility index (Phi) is 3.64. The van der Waals surface area contributed by atoms with Gasteiger partial charge < -0.3 is 20.7 Å². The molecule has 1 fully saturated rings. The summed E-state index contributed by atoms with van der Waals surface area (Å²) in [5, 5.41) is 3.25. The van der Waals surface area contributed by atoms with E-state index in [2.05, 4.69) is 20.2 Å². The summed E-state index contributed by atoms with van der Waals surface area (Å²) in [4.78, 5) is 10.8. The van der Waals surface area contributed by atoms with Crippen LogP contribution in [0.4, 0.5) is 23.0 Å². The highest BCUT2D eigenvalue weighted by Gasteiger charge is 2.12. The molecule has 1 aromatic carbocycles. The van der Waals surface area contributed by atoms with Crippen molar-refractivity contribution < 1.29 is 4.74 Å². The van der Waals surface area contributed by atoms with Crippen molar-refractivity contribution in [2.45, 2.75) is 0 Å². The van der Waals surface area contributed by atoms with Crippen LogP contribution in [0.3, 0.4) is 0 Å². The first kappa shape index (κ1) is 12.7. The van der Waals surface area contributed by atoms with E-state index in [4.69, 9.17) is 10.5 Å². The maximum atomic E-state index is 5.67. The Morgan fingerprint density at radius 1 is 1.10 bits per heavy atom. The number of benzene rings is 1. The van der Waals surface area contributed by atoms with Crippen LogP contribution in [0, 0.1) is 0 Å². The lowest BCUT2D eigenvalue weighted by atomic mass is 10.3. The van der Waals surface area contributed by atoms with Crippen LogP contribution in [0.1, 0.15) is 0 Å². The minimum atomic E-state index is 0.741. The van der Waals surface area contributed by atoms with Crippen molar-refractivity contribution in [2.75, 3.05) is 42.3 Å². The van der Waals surface area contributed by atoms with Crippen molar-refractivity contribution in [3.05, 3.63) is 36.7 Å². The molecule has 3 rings (SSSR count). The van der Waals surface area contributed by atoms with Crippen molar-refractivity contribution in [1.29, 1.82) is 0 Å². The summed E-state index contributed by atoms with van der Waals surface area (Å²) in [6, 6.07) is 9.50. The molecular formula is C14H17N5O. The molecule has 3 N–H and O–H groups in total. The molecule has 0 unspecified atom stereocenters. The molecule has 1 aliphatic heterocycles. The molecule has 0 amide bonds. The van der Waals surface area contributed by atoms with Gasteiger partial charge in [-0.25, -0.2) is 9.97 Å². The van der Waals surface area contributed by atoms with Gasteiger partial charge >= 0.3 is 0 Å². The van der Waals surface area contributed by atoms with Gasteiger partial charge in [-0.15, -0.1) is 0 Å². The number of aromatic nitrogens is 2. The van der Waals surface area contributed by atoms with Gasteiger partial charge in [0.2, 0.25) is 0 Å². The summed E-state index contributed by atoms with van der Waals surface area (Å²) in [5.41, 5.74) is 7.36. The number of ether oxygens (including phenoxy) is 1. The van der Waals surface area contributed by atoms with Crippen molar-refractivity contribution in [1.82, 2.24) is 9.97 Å². The Balaban J connectivity index is 1.75. The van der Waals surface area contributed by atoms with E-state index in [1.807, 2.05) is 30.3 Å². The topological polar surface area (TPSA) is 76.3 Å². The zero-order valence-corrected chi connectivity index (χ0v) is 11.1. The fourth-order valence-corrected chi connectivity index (χ4v) is 2.10. The highest BCUT2D eigenvalue weighted by molar-refractivity contribution is 5.61. The zero-order valence-electron chi connectivity index (χ0n) is 11.1. The average Bonchev–Trinajstić information content (AvgIpc) is 2.51. The van der Waals surface area contributed by atoms with Crippen LogP contribution in [0.2, 0.25) is 0 Å². The Morgan fingerprint density at radius 2 is 1.85 bits per heavy atom. The lowest BCUT2D eigenvalue weighted by molar-refractivity contribution is 0.122. The van der Waals surface area contributed by atoms with Gasteiger partial charge in [0.1, 0.15) is 18.0 Å². The predicted molar refractivity (Wildman–Crippen MR) is 79.2 cm³/mol. The SMILES string of the molecule is Nc1ccc(Nc2cc(N3CCOCC3)ncn2)cc1. The molecule has 0 bridgehead atoms. The van der Waals surface area contributed by atoms with Gasteiger partial charge in [-0.3, -0.25) is 0 Å². The Labute approximate surface area is 117 Å². The summed E-state index contributed by atoms with van der Waals surface area (Å²) < 4.78 is 5.35. The number of rotatable bonds is 3. The molecular weight excluding hydrogens is 254 g/mol.